The first kappa shape index (κ1) is 16.3. The first-order valence-electron chi connectivity index (χ1n) is 5.03. The largest absolute Gasteiger partial charge is 0.384 e. The van der Waals surface area contributed by atoms with Crippen LogP contribution in [-0.2, 0) is 0 Å². The molecule has 5 heteroatoms. The van der Waals surface area contributed by atoms with Gasteiger partial charge in [-0.1, -0.05) is 30.3 Å². The fourth-order valence-electron chi connectivity index (χ4n) is 1.50. The van der Waals surface area contributed by atoms with Crippen LogP contribution in [0, 0.1) is 5.41 Å². The van der Waals surface area contributed by atoms with E-state index in [4.69, 9.17) is 11.1 Å². The molecule has 2 aromatic carbocycles. The number of nitrogen functional groups attached to an aromatic ring is 1. The molecule has 96 valence electrons. The SMILES string of the molecule is Cl.Cl.N=C(N)c1ccccc1Nc1ccccc1. The number of benzene rings is 2. The number of hydrogen-bond donors (Lipinski definition) is 3. The summed E-state index contributed by atoms with van der Waals surface area (Å²) in [6, 6.07) is 17.3. The molecule has 2 aromatic rings. The molecule has 0 fully saturated rings. The van der Waals surface area contributed by atoms with Gasteiger partial charge in [0.25, 0.3) is 0 Å². The van der Waals surface area contributed by atoms with Gasteiger partial charge in [-0.05, 0) is 24.3 Å². The van der Waals surface area contributed by atoms with E-state index >= 15 is 0 Å². The molecule has 4 N–H and O–H groups in total. The molecule has 0 amide bonds. The second kappa shape index (κ2) is 7.58. The summed E-state index contributed by atoms with van der Waals surface area (Å²) in [6.07, 6.45) is 0. The van der Waals surface area contributed by atoms with Gasteiger partial charge in [-0.25, -0.2) is 0 Å². The lowest BCUT2D eigenvalue weighted by atomic mass is 10.1. The molecule has 2 rings (SSSR count). The topological polar surface area (TPSA) is 61.9 Å². The van der Waals surface area contributed by atoms with Crippen molar-refractivity contribution in [3.05, 3.63) is 60.2 Å². The highest BCUT2D eigenvalue weighted by Gasteiger charge is 2.03. The van der Waals surface area contributed by atoms with Crippen molar-refractivity contribution in [2.45, 2.75) is 0 Å². The monoisotopic (exact) mass is 283 g/mol. The van der Waals surface area contributed by atoms with E-state index in [2.05, 4.69) is 5.32 Å². The predicted molar refractivity (Wildman–Crippen MR) is 81.7 cm³/mol. The van der Waals surface area contributed by atoms with E-state index in [1.54, 1.807) is 0 Å². The second-order valence-corrected chi connectivity index (χ2v) is 3.45. The van der Waals surface area contributed by atoms with E-state index in [0.717, 1.165) is 11.4 Å². The minimum absolute atomic E-state index is 0. The Morgan fingerprint density at radius 1 is 0.889 bits per heavy atom. The van der Waals surface area contributed by atoms with Gasteiger partial charge < -0.3 is 11.1 Å². The zero-order chi connectivity index (χ0) is 11.4. The summed E-state index contributed by atoms with van der Waals surface area (Å²) in [6.45, 7) is 0. The average molecular weight is 284 g/mol. The van der Waals surface area contributed by atoms with E-state index in [0.29, 0.717) is 5.56 Å². The molecule has 0 unspecified atom stereocenters. The third-order valence-electron chi connectivity index (χ3n) is 2.27. The van der Waals surface area contributed by atoms with Crippen LogP contribution < -0.4 is 11.1 Å². The Morgan fingerprint density at radius 2 is 1.44 bits per heavy atom. The molecular formula is C13H15Cl2N3. The maximum absolute atomic E-state index is 7.48. The lowest BCUT2D eigenvalue weighted by molar-refractivity contribution is 1.41. The highest BCUT2D eigenvalue weighted by Crippen LogP contribution is 2.19. The van der Waals surface area contributed by atoms with Crippen molar-refractivity contribution in [2.75, 3.05) is 5.32 Å². The second-order valence-electron chi connectivity index (χ2n) is 3.45. The van der Waals surface area contributed by atoms with E-state index in [9.17, 15) is 0 Å². The molecule has 0 atom stereocenters. The Hall–Kier alpha value is -1.71. The smallest absolute Gasteiger partial charge is 0.124 e. The fourth-order valence-corrected chi connectivity index (χ4v) is 1.50. The summed E-state index contributed by atoms with van der Waals surface area (Å²) >= 11 is 0. The van der Waals surface area contributed by atoms with Gasteiger partial charge >= 0.3 is 0 Å². The Balaban J connectivity index is 0.00000144. The van der Waals surface area contributed by atoms with Crippen molar-refractivity contribution in [3.8, 4) is 0 Å². The van der Waals surface area contributed by atoms with E-state index in [-0.39, 0.29) is 30.6 Å². The Morgan fingerprint density at radius 3 is 2.06 bits per heavy atom. The third-order valence-corrected chi connectivity index (χ3v) is 2.27. The fraction of sp³-hybridized carbons (Fsp3) is 0. The minimum Gasteiger partial charge on any atom is -0.384 e. The molecule has 0 saturated carbocycles. The van der Waals surface area contributed by atoms with Gasteiger partial charge in [0.15, 0.2) is 0 Å². The van der Waals surface area contributed by atoms with Crippen LogP contribution >= 0.6 is 24.8 Å². The predicted octanol–water partition coefficient (Wildman–Crippen LogP) is 3.56. The number of hydrogen-bond acceptors (Lipinski definition) is 2. The Bertz CT molecular complexity index is 501. The number of rotatable bonds is 3. The van der Waals surface area contributed by atoms with Crippen molar-refractivity contribution in [2.24, 2.45) is 5.73 Å². The summed E-state index contributed by atoms with van der Waals surface area (Å²) in [4.78, 5) is 0. The molecule has 3 nitrogen and oxygen atoms in total. The lowest BCUT2D eigenvalue weighted by Gasteiger charge is -2.10. The summed E-state index contributed by atoms with van der Waals surface area (Å²) in [5.74, 6) is 0.0685. The van der Waals surface area contributed by atoms with Crippen LogP contribution in [0.2, 0.25) is 0 Å². The quantitative estimate of drug-likeness (QED) is 0.596. The van der Waals surface area contributed by atoms with Gasteiger partial charge in [0, 0.05) is 16.9 Å². The number of halogens is 2. The van der Waals surface area contributed by atoms with Crippen molar-refractivity contribution in [1.29, 1.82) is 5.41 Å². The lowest BCUT2D eigenvalue weighted by Crippen LogP contribution is -2.13. The van der Waals surface area contributed by atoms with Gasteiger partial charge in [-0.2, -0.15) is 0 Å². The molecule has 18 heavy (non-hydrogen) atoms. The molecule has 0 radical (unpaired) electrons. The third kappa shape index (κ3) is 3.95. The van der Waals surface area contributed by atoms with Gasteiger partial charge in [0.05, 0.1) is 0 Å². The molecule has 0 aliphatic heterocycles. The number of nitrogens with one attached hydrogen (secondary N) is 2. The summed E-state index contributed by atoms with van der Waals surface area (Å²) in [5, 5.41) is 10.7. The van der Waals surface area contributed by atoms with E-state index < -0.39 is 0 Å². The van der Waals surface area contributed by atoms with Crippen LogP contribution in [0.1, 0.15) is 5.56 Å². The average Bonchev–Trinajstić information content (AvgIpc) is 2.31. The highest BCUT2D eigenvalue weighted by molar-refractivity contribution is 6.00. The molecule has 0 aromatic heterocycles. The first-order valence-corrected chi connectivity index (χ1v) is 5.03. The Kier molecular flexibility index (Phi) is 6.86. The molecule has 0 saturated heterocycles. The number of amidine groups is 1. The number of anilines is 2. The standard InChI is InChI=1S/C13H13N3.2ClH/c14-13(15)11-8-4-5-9-12(11)16-10-6-2-1-3-7-10;;/h1-9,16H,(H3,14,15);2*1H. The van der Waals surface area contributed by atoms with Crippen LogP contribution in [0.5, 0.6) is 0 Å². The zero-order valence-electron chi connectivity index (χ0n) is 9.59. The maximum atomic E-state index is 7.48. The maximum Gasteiger partial charge on any atom is 0.124 e. The van der Waals surface area contributed by atoms with Crippen LogP contribution in [0.25, 0.3) is 0 Å². The van der Waals surface area contributed by atoms with Gasteiger partial charge in [-0.3, -0.25) is 5.41 Å². The molecule has 0 aliphatic rings. The summed E-state index contributed by atoms with van der Waals surface area (Å²) in [5.41, 5.74) is 8.06. The van der Waals surface area contributed by atoms with Crippen molar-refractivity contribution in [1.82, 2.24) is 0 Å². The van der Waals surface area contributed by atoms with Gasteiger partial charge in [-0.15, -0.1) is 24.8 Å². The number of nitrogens with two attached hydrogens (primary N) is 1. The first-order chi connectivity index (χ1) is 7.77. The van der Waals surface area contributed by atoms with Crippen molar-refractivity contribution in [3.63, 3.8) is 0 Å². The van der Waals surface area contributed by atoms with Crippen LogP contribution in [0.15, 0.2) is 54.6 Å². The summed E-state index contributed by atoms with van der Waals surface area (Å²) < 4.78 is 0. The van der Waals surface area contributed by atoms with E-state index in [1.165, 1.54) is 0 Å². The molecule has 0 bridgehead atoms. The molecule has 0 aliphatic carbocycles. The van der Waals surface area contributed by atoms with Crippen LogP contribution in [-0.4, -0.2) is 5.84 Å². The number of para-hydroxylation sites is 2. The van der Waals surface area contributed by atoms with Gasteiger partial charge in [0.1, 0.15) is 5.84 Å². The molecule has 0 heterocycles. The van der Waals surface area contributed by atoms with Crippen LogP contribution in [0.3, 0.4) is 0 Å². The normalized spacial score (nSPS) is 8.67. The zero-order valence-corrected chi connectivity index (χ0v) is 11.2. The van der Waals surface area contributed by atoms with Crippen molar-refractivity contribution < 1.29 is 0 Å². The van der Waals surface area contributed by atoms with Gasteiger partial charge in [0.2, 0.25) is 0 Å². The van der Waals surface area contributed by atoms with E-state index in [1.807, 2.05) is 54.6 Å². The Labute approximate surface area is 119 Å². The van der Waals surface area contributed by atoms with Crippen LogP contribution in [0.4, 0.5) is 11.4 Å². The highest BCUT2D eigenvalue weighted by atomic mass is 35.5. The molecule has 0 spiro atoms. The molecular weight excluding hydrogens is 269 g/mol. The van der Waals surface area contributed by atoms with Crippen molar-refractivity contribution >= 4 is 42.0 Å². The minimum atomic E-state index is 0. The summed E-state index contributed by atoms with van der Waals surface area (Å²) in [7, 11) is 0.